The van der Waals surface area contributed by atoms with Gasteiger partial charge in [-0.1, -0.05) is 6.92 Å². The SMILES string of the molecule is CC1CCC2(CC1)NCCCS2. The lowest BCUT2D eigenvalue weighted by molar-refractivity contribution is 0.276. The molecule has 1 heterocycles. The first-order chi connectivity index (χ1) is 5.81. The van der Waals surface area contributed by atoms with Gasteiger partial charge in [-0.2, -0.15) is 0 Å². The molecule has 1 saturated carbocycles. The van der Waals surface area contributed by atoms with Crippen molar-refractivity contribution in [3.8, 4) is 0 Å². The molecule has 1 aliphatic carbocycles. The fraction of sp³-hybridized carbons (Fsp3) is 1.00. The molecule has 0 amide bonds. The lowest BCUT2D eigenvalue weighted by Gasteiger charge is -2.42. The van der Waals surface area contributed by atoms with E-state index in [4.69, 9.17) is 0 Å². The Kier molecular flexibility index (Phi) is 2.66. The summed E-state index contributed by atoms with van der Waals surface area (Å²) in [6.45, 7) is 3.64. The molecule has 2 fully saturated rings. The summed E-state index contributed by atoms with van der Waals surface area (Å²) < 4.78 is 0. The Hall–Kier alpha value is 0.310. The van der Waals surface area contributed by atoms with Gasteiger partial charge in [0, 0.05) is 0 Å². The largest absolute Gasteiger partial charge is 0.303 e. The van der Waals surface area contributed by atoms with Crippen LogP contribution in [0, 0.1) is 5.92 Å². The first-order valence-corrected chi connectivity index (χ1v) is 6.18. The van der Waals surface area contributed by atoms with Crippen molar-refractivity contribution in [2.75, 3.05) is 12.3 Å². The molecule has 12 heavy (non-hydrogen) atoms. The van der Waals surface area contributed by atoms with E-state index in [2.05, 4.69) is 24.0 Å². The average molecular weight is 185 g/mol. The summed E-state index contributed by atoms with van der Waals surface area (Å²) in [6.07, 6.45) is 7.03. The van der Waals surface area contributed by atoms with E-state index in [0.717, 1.165) is 5.92 Å². The summed E-state index contributed by atoms with van der Waals surface area (Å²) >= 11 is 2.18. The molecule has 1 saturated heterocycles. The summed E-state index contributed by atoms with van der Waals surface area (Å²) in [5.74, 6) is 2.35. The normalized spacial score (nSPS) is 43.2. The Labute approximate surface area is 79.7 Å². The maximum atomic E-state index is 3.72. The molecule has 2 rings (SSSR count). The van der Waals surface area contributed by atoms with E-state index in [-0.39, 0.29) is 0 Å². The molecule has 0 aromatic carbocycles. The second-order valence-corrected chi connectivity index (χ2v) is 5.78. The van der Waals surface area contributed by atoms with Crippen LogP contribution in [0.25, 0.3) is 0 Å². The van der Waals surface area contributed by atoms with Gasteiger partial charge in [0.2, 0.25) is 0 Å². The van der Waals surface area contributed by atoms with Crippen molar-refractivity contribution in [3.05, 3.63) is 0 Å². The van der Waals surface area contributed by atoms with E-state index in [1.807, 2.05) is 0 Å². The predicted molar refractivity (Wildman–Crippen MR) is 55.4 cm³/mol. The monoisotopic (exact) mass is 185 g/mol. The molecule has 0 aromatic heterocycles. The third kappa shape index (κ3) is 1.80. The molecule has 0 radical (unpaired) electrons. The van der Waals surface area contributed by atoms with Crippen LogP contribution in [0.2, 0.25) is 0 Å². The maximum Gasteiger partial charge on any atom is 0.0645 e. The molecule has 0 bridgehead atoms. The fourth-order valence-corrected chi connectivity index (χ4v) is 3.66. The minimum Gasteiger partial charge on any atom is -0.303 e. The Bertz CT molecular complexity index is 142. The Morgan fingerprint density at radius 1 is 1.33 bits per heavy atom. The van der Waals surface area contributed by atoms with Crippen molar-refractivity contribution in [3.63, 3.8) is 0 Å². The van der Waals surface area contributed by atoms with Gasteiger partial charge >= 0.3 is 0 Å². The molecule has 70 valence electrons. The number of hydrogen-bond donors (Lipinski definition) is 1. The molecule has 0 aromatic rings. The van der Waals surface area contributed by atoms with Crippen LogP contribution in [0.4, 0.5) is 0 Å². The molecular weight excluding hydrogens is 166 g/mol. The van der Waals surface area contributed by atoms with Crippen LogP contribution in [0.1, 0.15) is 39.0 Å². The molecule has 1 spiro atoms. The smallest absolute Gasteiger partial charge is 0.0645 e. The van der Waals surface area contributed by atoms with Crippen LogP contribution in [0.15, 0.2) is 0 Å². The second-order valence-electron chi connectivity index (χ2n) is 4.31. The average Bonchev–Trinajstić information content (AvgIpc) is 2.13. The second kappa shape index (κ2) is 3.59. The lowest BCUT2D eigenvalue weighted by atomic mass is 9.86. The van der Waals surface area contributed by atoms with Gasteiger partial charge in [0.25, 0.3) is 0 Å². The first-order valence-electron chi connectivity index (χ1n) is 5.20. The van der Waals surface area contributed by atoms with Gasteiger partial charge in [0.15, 0.2) is 0 Å². The van der Waals surface area contributed by atoms with Gasteiger partial charge < -0.3 is 5.32 Å². The molecule has 0 atom stereocenters. The summed E-state index contributed by atoms with van der Waals surface area (Å²) in [5.41, 5.74) is 0. The molecule has 1 nitrogen and oxygen atoms in total. The summed E-state index contributed by atoms with van der Waals surface area (Å²) in [6, 6.07) is 0. The van der Waals surface area contributed by atoms with Crippen LogP contribution < -0.4 is 5.32 Å². The van der Waals surface area contributed by atoms with Crippen molar-refractivity contribution in [1.82, 2.24) is 5.32 Å². The number of rotatable bonds is 0. The van der Waals surface area contributed by atoms with E-state index in [1.54, 1.807) is 0 Å². The van der Waals surface area contributed by atoms with Crippen molar-refractivity contribution in [1.29, 1.82) is 0 Å². The molecule has 1 aliphatic heterocycles. The molecule has 2 aliphatic rings. The molecule has 1 N–H and O–H groups in total. The van der Waals surface area contributed by atoms with Gasteiger partial charge in [-0.05, 0) is 50.3 Å². The van der Waals surface area contributed by atoms with E-state index in [0.29, 0.717) is 4.87 Å². The quantitative estimate of drug-likeness (QED) is 0.622. The summed E-state index contributed by atoms with van der Waals surface area (Å²) in [5, 5.41) is 3.72. The zero-order valence-corrected chi connectivity index (χ0v) is 8.75. The van der Waals surface area contributed by atoms with Crippen LogP contribution in [0.3, 0.4) is 0 Å². The lowest BCUT2D eigenvalue weighted by Crippen LogP contribution is -2.48. The predicted octanol–water partition coefficient (Wildman–Crippen LogP) is 2.62. The summed E-state index contributed by atoms with van der Waals surface area (Å²) in [7, 11) is 0. The van der Waals surface area contributed by atoms with E-state index in [1.165, 1.54) is 44.4 Å². The number of nitrogens with one attached hydrogen (secondary N) is 1. The molecular formula is C10H19NS. The zero-order valence-electron chi connectivity index (χ0n) is 7.94. The van der Waals surface area contributed by atoms with Gasteiger partial charge in [-0.25, -0.2) is 0 Å². The standard InChI is InChI=1S/C10H19NS/c1-9-3-5-10(6-4-9)11-7-2-8-12-10/h9,11H,2-8H2,1H3. The highest BCUT2D eigenvalue weighted by Gasteiger charge is 2.35. The number of hydrogen-bond acceptors (Lipinski definition) is 2. The third-order valence-electron chi connectivity index (χ3n) is 3.23. The molecule has 2 heteroatoms. The minimum absolute atomic E-state index is 0.505. The van der Waals surface area contributed by atoms with Crippen molar-refractivity contribution in [2.45, 2.75) is 43.9 Å². The Morgan fingerprint density at radius 3 is 2.67 bits per heavy atom. The van der Waals surface area contributed by atoms with E-state index in [9.17, 15) is 0 Å². The van der Waals surface area contributed by atoms with Crippen LogP contribution in [0.5, 0.6) is 0 Å². The molecule has 0 unspecified atom stereocenters. The number of thioether (sulfide) groups is 1. The van der Waals surface area contributed by atoms with Gasteiger partial charge in [0.1, 0.15) is 0 Å². The highest BCUT2D eigenvalue weighted by molar-refractivity contribution is 8.00. The van der Waals surface area contributed by atoms with Crippen molar-refractivity contribution in [2.24, 2.45) is 5.92 Å². The third-order valence-corrected chi connectivity index (χ3v) is 4.83. The highest BCUT2D eigenvalue weighted by atomic mass is 32.2. The minimum atomic E-state index is 0.505. The summed E-state index contributed by atoms with van der Waals surface area (Å²) in [4.78, 5) is 0.505. The van der Waals surface area contributed by atoms with Crippen molar-refractivity contribution >= 4 is 11.8 Å². The van der Waals surface area contributed by atoms with Gasteiger partial charge in [-0.3, -0.25) is 0 Å². The fourth-order valence-electron chi connectivity index (χ4n) is 2.26. The van der Waals surface area contributed by atoms with Crippen molar-refractivity contribution < 1.29 is 0 Å². The first kappa shape index (κ1) is 8.89. The Morgan fingerprint density at radius 2 is 2.08 bits per heavy atom. The van der Waals surface area contributed by atoms with E-state index >= 15 is 0 Å². The topological polar surface area (TPSA) is 12.0 Å². The Balaban J connectivity index is 1.92. The van der Waals surface area contributed by atoms with Crippen LogP contribution >= 0.6 is 11.8 Å². The van der Waals surface area contributed by atoms with E-state index < -0.39 is 0 Å². The van der Waals surface area contributed by atoms with Gasteiger partial charge in [-0.15, -0.1) is 11.8 Å². The van der Waals surface area contributed by atoms with Gasteiger partial charge in [0.05, 0.1) is 4.87 Å². The van der Waals surface area contributed by atoms with Crippen LogP contribution in [-0.4, -0.2) is 17.2 Å². The zero-order chi connectivity index (χ0) is 8.44. The highest BCUT2D eigenvalue weighted by Crippen LogP contribution is 2.41. The maximum absolute atomic E-state index is 3.72. The van der Waals surface area contributed by atoms with Crippen LogP contribution in [-0.2, 0) is 0 Å².